The molecular formula is C20H29N3O2. The number of ether oxygens (including phenoxy) is 1. The van der Waals surface area contributed by atoms with Crippen LogP contribution in [0.25, 0.3) is 0 Å². The molecule has 2 saturated heterocycles. The Morgan fingerprint density at radius 1 is 1.36 bits per heavy atom. The van der Waals surface area contributed by atoms with E-state index in [0.29, 0.717) is 24.3 Å². The molecule has 1 aliphatic carbocycles. The highest BCUT2D eigenvalue weighted by molar-refractivity contribution is 5.77. The van der Waals surface area contributed by atoms with Gasteiger partial charge in [0.05, 0.1) is 18.9 Å². The van der Waals surface area contributed by atoms with Crippen molar-refractivity contribution in [3.8, 4) is 0 Å². The molecular weight excluding hydrogens is 314 g/mol. The summed E-state index contributed by atoms with van der Waals surface area (Å²) in [6, 6.07) is 5.93. The second kappa shape index (κ2) is 7.04. The topological polar surface area (TPSA) is 45.7 Å². The SMILES string of the molecule is CN1C[C@H](COCc2ccccn2)[C@@]2(CCN(C(=O)CC3CC3)C2)C1. The van der Waals surface area contributed by atoms with Gasteiger partial charge in [0, 0.05) is 50.1 Å². The molecule has 4 rings (SSSR count). The highest BCUT2D eigenvalue weighted by Crippen LogP contribution is 2.44. The van der Waals surface area contributed by atoms with Crippen molar-refractivity contribution in [1.29, 1.82) is 0 Å². The number of likely N-dealkylation sites (tertiary alicyclic amines) is 2. The number of rotatable bonds is 6. The lowest BCUT2D eigenvalue weighted by Gasteiger charge is -2.30. The Morgan fingerprint density at radius 2 is 2.24 bits per heavy atom. The van der Waals surface area contributed by atoms with Crippen LogP contribution in [-0.2, 0) is 16.1 Å². The third-order valence-corrected chi connectivity index (χ3v) is 6.18. The van der Waals surface area contributed by atoms with Crippen LogP contribution < -0.4 is 0 Å². The number of aromatic nitrogens is 1. The van der Waals surface area contributed by atoms with Crippen LogP contribution in [0, 0.1) is 17.3 Å². The molecule has 25 heavy (non-hydrogen) atoms. The van der Waals surface area contributed by atoms with Crippen molar-refractivity contribution in [2.45, 2.75) is 32.3 Å². The van der Waals surface area contributed by atoms with Crippen molar-refractivity contribution in [3.05, 3.63) is 30.1 Å². The Labute approximate surface area is 150 Å². The van der Waals surface area contributed by atoms with Crippen molar-refractivity contribution in [1.82, 2.24) is 14.8 Å². The molecule has 2 aliphatic heterocycles. The number of carbonyl (C=O) groups excluding carboxylic acids is 1. The van der Waals surface area contributed by atoms with Gasteiger partial charge in [0.25, 0.3) is 0 Å². The summed E-state index contributed by atoms with van der Waals surface area (Å²) in [6.07, 6.45) is 6.19. The van der Waals surface area contributed by atoms with E-state index in [-0.39, 0.29) is 5.41 Å². The van der Waals surface area contributed by atoms with Crippen LogP contribution in [0.15, 0.2) is 24.4 Å². The van der Waals surface area contributed by atoms with E-state index in [4.69, 9.17) is 4.74 Å². The lowest BCUT2D eigenvalue weighted by molar-refractivity contribution is -0.131. The smallest absolute Gasteiger partial charge is 0.222 e. The summed E-state index contributed by atoms with van der Waals surface area (Å²) in [4.78, 5) is 21.4. The molecule has 0 bridgehead atoms. The van der Waals surface area contributed by atoms with Gasteiger partial charge in [-0.2, -0.15) is 0 Å². The zero-order chi connectivity index (χ0) is 17.3. The summed E-state index contributed by atoms with van der Waals surface area (Å²) in [5.41, 5.74) is 1.20. The molecule has 0 aromatic carbocycles. The van der Waals surface area contributed by atoms with Crippen LogP contribution in [-0.4, -0.2) is 60.5 Å². The molecule has 136 valence electrons. The van der Waals surface area contributed by atoms with Crippen LogP contribution in [0.1, 0.15) is 31.4 Å². The minimum atomic E-state index is 0.220. The molecule has 1 saturated carbocycles. The number of hydrogen-bond acceptors (Lipinski definition) is 4. The fourth-order valence-electron chi connectivity index (χ4n) is 4.59. The van der Waals surface area contributed by atoms with Gasteiger partial charge < -0.3 is 14.5 Å². The highest BCUT2D eigenvalue weighted by atomic mass is 16.5. The molecule has 3 aliphatic rings. The van der Waals surface area contributed by atoms with Crippen LogP contribution in [0.3, 0.4) is 0 Å². The van der Waals surface area contributed by atoms with E-state index in [0.717, 1.165) is 51.3 Å². The molecule has 0 N–H and O–H groups in total. The molecule has 5 heteroatoms. The first-order valence-electron chi connectivity index (χ1n) is 9.59. The zero-order valence-electron chi connectivity index (χ0n) is 15.2. The number of pyridine rings is 1. The lowest BCUT2D eigenvalue weighted by atomic mass is 9.77. The Bertz CT molecular complexity index is 604. The number of nitrogens with zero attached hydrogens (tertiary/aromatic N) is 3. The Balaban J connectivity index is 1.33. The summed E-state index contributed by atoms with van der Waals surface area (Å²) in [7, 11) is 2.19. The van der Waals surface area contributed by atoms with Gasteiger partial charge in [-0.1, -0.05) is 6.07 Å². The molecule has 1 aromatic heterocycles. The number of amides is 1. The fraction of sp³-hybridized carbons (Fsp3) is 0.700. The van der Waals surface area contributed by atoms with E-state index in [1.165, 1.54) is 12.8 Å². The van der Waals surface area contributed by atoms with Gasteiger partial charge in [0.15, 0.2) is 0 Å². The molecule has 1 spiro atoms. The van der Waals surface area contributed by atoms with Gasteiger partial charge in [-0.05, 0) is 44.4 Å². The second-order valence-electron chi connectivity index (χ2n) is 8.31. The summed E-state index contributed by atoms with van der Waals surface area (Å²) in [5.74, 6) is 1.55. The Hall–Kier alpha value is -1.46. The first-order chi connectivity index (χ1) is 12.1. The van der Waals surface area contributed by atoms with Gasteiger partial charge in [0.2, 0.25) is 5.91 Å². The molecule has 3 heterocycles. The molecule has 5 nitrogen and oxygen atoms in total. The van der Waals surface area contributed by atoms with Crippen molar-refractivity contribution in [3.63, 3.8) is 0 Å². The maximum atomic E-state index is 12.5. The van der Waals surface area contributed by atoms with Crippen LogP contribution in [0.2, 0.25) is 0 Å². The minimum absolute atomic E-state index is 0.220. The maximum Gasteiger partial charge on any atom is 0.222 e. The van der Waals surface area contributed by atoms with Gasteiger partial charge in [0.1, 0.15) is 0 Å². The first kappa shape index (κ1) is 17.0. The summed E-state index contributed by atoms with van der Waals surface area (Å²) in [5, 5.41) is 0. The van der Waals surface area contributed by atoms with E-state index in [1.54, 1.807) is 0 Å². The van der Waals surface area contributed by atoms with E-state index < -0.39 is 0 Å². The number of carbonyl (C=O) groups is 1. The summed E-state index contributed by atoms with van der Waals surface area (Å²) in [6.45, 7) is 5.31. The largest absolute Gasteiger partial charge is 0.375 e. The third-order valence-electron chi connectivity index (χ3n) is 6.18. The molecule has 1 amide bonds. The van der Waals surface area contributed by atoms with Gasteiger partial charge in [-0.25, -0.2) is 0 Å². The lowest BCUT2D eigenvalue weighted by Crippen LogP contribution is -2.38. The van der Waals surface area contributed by atoms with Crippen LogP contribution in [0.5, 0.6) is 0 Å². The summed E-state index contributed by atoms with van der Waals surface area (Å²) < 4.78 is 6.02. The van der Waals surface area contributed by atoms with Crippen molar-refractivity contribution < 1.29 is 9.53 Å². The highest BCUT2D eigenvalue weighted by Gasteiger charge is 2.50. The van der Waals surface area contributed by atoms with Gasteiger partial charge in [-0.15, -0.1) is 0 Å². The predicted molar refractivity (Wildman–Crippen MR) is 95.9 cm³/mol. The van der Waals surface area contributed by atoms with Gasteiger partial charge >= 0.3 is 0 Å². The normalized spacial score (nSPS) is 29.6. The monoisotopic (exact) mass is 343 g/mol. The van der Waals surface area contributed by atoms with E-state index in [1.807, 2.05) is 24.4 Å². The Morgan fingerprint density at radius 3 is 3.00 bits per heavy atom. The van der Waals surface area contributed by atoms with E-state index >= 15 is 0 Å². The average molecular weight is 343 g/mol. The minimum Gasteiger partial charge on any atom is -0.375 e. The third kappa shape index (κ3) is 3.87. The summed E-state index contributed by atoms with van der Waals surface area (Å²) >= 11 is 0. The van der Waals surface area contributed by atoms with E-state index in [2.05, 4.69) is 21.8 Å². The van der Waals surface area contributed by atoms with Crippen molar-refractivity contribution in [2.75, 3.05) is 39.8 Å². The molecule has 3 fully saturated rings. The average Bonchev–Trinajstić information content (AvgIpc) is 3.23. The molecule has 1 aromatic rings. The zero-order valence-corrected chi connectivity index (χ0v) is 15.2. The molecule has 2 atom stereocenters. The fourth-order valence-corrected chi connectivity index (χ4v) is 4.59. The second-order valence-corrected chi connectivity index (χ2v) is 8.31. The maximum absolute atomic E-state index is 12.5. The standard InChI is InChI=1S/C20H29N3O2/c1-22-11-17(12-25-13-18-4-2-3-8-21-18)20(14-22)7-9-23(15-20)19(24)10-16-5-6-16/h2-4,8,16-17H,5-7,9-15H2,1H3/t17-,20+/m1/s1. The van der Waals surface area contributed by atoms with E-state index in [9.17, 15) is 4.79 Å². The van der Waals surface area contributed by atoms with Crippen molar-refractivity contribution in [2.24, 2.45) is 17.3 Å². The molecule has 0 unspecified atom stereocenters. The Kier molecular flexibility index (Phi) is 4.78. The predicted octanol–water partition coefficient (Wildman–Crippen LogP) is 2.18. The number of hydrogen-bond donors (Lipinski definition) is 0. The van der Waals surface area contributed by atoms with Crippen molar-refractivity contribution >= 4 is 5.91 Å². The van der Waals surface area contributed by atoms with Gasteiger partial charge in [-0.3, -0.25) is 9.78 Å². The first-order valence-corrected chi connectivity index (χ1v) is 9.59. The van der Waals surface area contributed by atoms with Crippen LogP contribution >= 0.6 is 0 Å². The molecule has 0 radical (unpaired) electrons. The quantitative estimate of drug-likeness (QED) is 0.794. The van der Waals surface area contributed by atoms with Crippen LogP contribution in [0.4, 0.5) is 0 Å².